The molecule has 0 spiro atoms. The van der Waals surface area contributed by atoms with E-state index in [2.05, 4.69) is 17.2 Å². The number of fused-ring (bicyclic) bond motifs is 1. The predicted octanol–water partition coefficient (Wildman–Crippen LogP) is 3.78. The first kappa shape index (κ1) is 13.3. The second-order valence-electron chi connectivity index (χ2n) is 4.72. The van der Waals surface area contributed by atoms with E-state index in [1.165, 1.54) is 12.1 Å². The summed E-state index contributed by atoms with van der Waals surface area (Å²) in [6, 6.07) is 6.90. The number of rotatable bonds is 5. The minimum atomic E-state index is -0.196. The molecule has 1 N–H and O–H groups in total. The normalized spacial score (nSPS) is 12.9. The molecular weight excluding hydrogens is 273 g/mol. The van der Waals surface area contributed by atoms with Gasteiger partial charge in [-0.2, -0.15) is 0 Å². The van der Waals surface area contributed by atoms with Crippen LogP contribution in [0.25, 0.3) is 4.96 Å². The second-order valence-corrected chi connectivity index (χ2v) is 5.59. The Morgan fingerprint density at radius 3 is 2.85 bits per heavy atom. The topological polar surface area (TPSA) is 29.3 Å². The third-order valence-electron chi connectivity index (χ3n) is 3.35. The van der Waals surface area contributed by atoms with E-state index in [-0.39, 0.29) is 11.9 Å². The van der Waals surface area contributed by atoms with Gasteiger partial charge in [-0.1, -0.05) is 19.1 Å². The van der Waals surface area contributed by atoms with Crippen LogP contribution in [0, 0.1) is 5.82 Å². The highest BCUT2D eigenvalue weighted by molar-refractivity contribution is 7.15. The molecule has 0 bridgehead atoms. The van der Waals surface area contributed by atoms with Crippen molar-refractivity contribution in [1.82, 2.24) is 14.7 Å². The first-order chi connectivity index (χ1) is 9.76. The minimum Gasteiger partial charge on any atom is -0.304 e. The second kappa shape index (κ2) is 5.73. The summed E-state index contributed by atoms with van der Waals surface area (Å²) in [4.78, 5) is 5.56. The van der Waals surface area contributed by atoms with Crippen LogP contribution in [-0.4, -0.2) is 9.38 Å². The largest absolute Gasteiger partial charge is 0.304 e. The molecule has 0 amide bonds. The van der Waals surface area contributed by atoms with Crippen LogP contribution in [0.2, 0.25) is 0 Å². The van der Waals surface area contributed by atoms with Crippen LogP contribution in [0.1, 0.15) is 30.6 Å². The Balaban J connectivity index is 1.68. The molecule has 0 aliphatic carbocycles. The highest BCUT2D eigenvalue weighted by Crippen LogP contribution is 2.18. The fourth-order valence-electron chi connectivity index (χ4n) is 2.28. The standard InChI is InChI=1S/C15H16FN3S/c1-2-14(11-3-5-12(16)6-4-11)17-9-13-10-19-7-8-20-15(19)18-13/h3-8,10,14,17H,2,9H2,1H3/t14-/m1/s1. The molecule has 5 heteroatoms. The lowest BCUT2D eigenvalue weighted by molar-refractivity contribution is 0.513. The van der Waals surface area contributed by atoms with Crippen molar-refractivity contribution < 1.29 is 4.39 Å². The maximum Gasteiger partial charge on any atom is 0.193 e. The number of imidazole rings is 1. The Morgan fingerprint density at radius 1 is 1.35 bits per heavy atom. The van der Waals surface area contributed by atoms with Crippen molar-refractivity contribution in [2.45, 2.75) is 25.9 Å². The Bertz CT molecular complexity index is 658. The van der Waals surface area contributed by atoms with Crippen molar-refractivity contribution in [3.05, 3.63) is 59.1 Å². The summed E-state index contributed by atoms with van der Waals surface area (Å²) in [6.07, 6.45) is 5.00. The zero-order valence-electron chi connectivity index (χ0n) is 11.2. The number of hydrogen-bond acceptors (Lipinski definition) is 3. The lowest BCUT2D eigenvalue weighted by Gasteiger charge is -2.16. The van der Waals surface area contributed by atoms with Gasteiger partial charge in [-0.3, -0.25) is 4.40 Å². The summed E-state index contributed by atoms with van der Waals surface area (Å²) >= 11 is 1.63. The molecule has 1 aromatic carbocycles. The van der Waals surface area contributed by atoms with Gasteiger partial charge in [0.2, 0.25) is 0 Å². The predicted molar refractivity (Wildman–Crippen MR) is 79.3 cm³/mol. The summed E-state index contributed by atoms with van der Waals surface area (Å²) in [6.45, 7) is 2.83. The summed E-state index contributed by atoms with van der Waals surface area (Å²) < 4.78 is 15.0. The van der Waals surface area contributed by atoms with Gasteiger partial charge in [0.05, 0.1) is 5.69 Å². The van der Waals surface area contributed by atoms with Gasteiger partial charge in [0, 0.05) is 30.4 Å². The van der Waals surface area contributed by atoms with Crippen LogP contribution in [0.5, 0.6) is 0 Å². The monoisotopic (exact) mass is 289 g/mol. The quantitative estimate of drug-likeness (QED) is 0.774. The van der Waals surface area contributed by atoms with Gasteiger partial charge in [-0.05, 0) is 24.1 Å². The van der Waals surface area contributed by atoms with Gasteiger partial charge in [0.15, 0.2) is 4.96 Å². The number of aromatic nitrogens is 2. The summed E-state index contributed by atoms with van der Waals surface area (Å²) in [5.74, 6) is -0.196. The minimum absolute atomic E-state index is 0.196. The van der Waals surface area contributed by atoms with Crippen LogP contribution in [-0.2, 0) is 6.54 Å². The molecule has 1 atom stereocenters. The molecule has 104 valence electrons. The first-order valence-electron chi connectivity index (χ1n) is 6.66. The zero-order chi connectivity index (χ0) is 13.9. The van der Waals surface area contributed by atoms with Crippen molar-refractivity contribution in [3.63, 3.8) is 0 Å². The molecule has 0 saturated carbocycles. The van der Waals surface area contributed by atoms with E-state index in [9.17, 15) is 4.39 Å². The molecule has 3 nitrogen and oxygen atoms in total. The highest BCUT2D eigenvalue weighted by atomic mass is 32.1. The van der Waals surface area contributed by atoms with E-state index >= 15 is 0 Å². The van der Waals surface area contributed by atoms with Gasteiger partial charge >= 0.3 is 0 Å². The Hall–Kier alpha value is -1.72. The van der Waals surface area contributed by atoms with Gasteiger partial charge < -0.3 is 5.32 Å². The third kappa shape index (κ3) is 2.73. The third-order valence-corrected chi connectivity index (χ3v) is 4.12. The lowest BCUT2D eigenvalue weighted by Crippen LogP contribution is -2.20. The number of nitrogens with one attached hydrogen (secondary N) is 1. The molecule has 3 rings (SSSR count). The van der Waals surface area contributed by atoms with Crippen molar-refractivity contribution in [3.8, 4) is 0 Å². The van der Waals surface area contributed by atoms with Gasteiger partial charge in [-0.25, -0.2) is 9.37 Å². The van der Waals surface area contributed by atoms with Gasteiger partial charge in [0.1, 0.15) is 5.82 Å². The molecule has 0 aliphatic rings. The molecular formula is C15H16FN3S. The van der Waals surface area contributed by atoms with Gasteiger partial charge in [0.25, 0.3) is 0 Å². The average Bonchev–Trinajstić information content (AvgIpc) is 3.02. The van der Waals surface area contributed by atoms with Crippen LogP contribution in [0.4, 0.5) is 4.39 Å². The molecule has 0 radical (unpaired) electrons. The van der Waals surface area contributed by atoms with Crippen LogP contribution < -0.4 is 5.32 Å². The van der Waals surface area contributed by atoms with Crippen LogP contribution in [0.15, 0.2) is 42.0 Å². The smallest absolute Gasteiger partial charge is 0.193 e. The van der Waals surface area contributed by atoms with E-state index < -0.39 is 0 Å². The maximum absolute atomic E-state index is 13.0. The van der Waals surface area contributed by atoms with E-state index in [1.807, 2.05) is 34.3 Å². The maximum atomic E-state index is 13.0. The highest BCUT2D eigenvalue weighted by Gasteiger charge is 2.10. The average molecular weight is 289 g/mol. The number of nitrogens with zero attached hydrogens (tertiary/aromatic N) is 2. The number of thiazole rings is 1. The Labute approximate surface area is 121 Å². The lowest BCUT2D eigenvalue weighted by atomic mass is 10.0. The van der Waals surface area contributed by atoms with Crippen molar-refractivity contribution in [2.75, 3.05) is 0 Å². The molecule has 2 aromatic heterocycles. The Kier molecular flexibility index (Phi) is 3.80. The van der Waals surface area contributed by atoms with Crippen LogP contribution in [0.3, 0.4) is 0 Å². The SMILES string of the molecule is CC[C@@H](NCc1cn2ccsc2n1)c1ccc(F)cc1. The van der Waals surface area contributed by atoms with E-state index in [1.54, 1.807) is 11.3 Å². The summed E-state index contributed by atoms with van der Waals surface area (Å²) in [7, 11) is 0. The number of benzene rings is 1. The molecule has 20 heavy (non-hydrogen) atoms. The number of hydrogen-bond donors (Lipinski definition) is 1. The van der Waals surface area contributed by atoms with Crippen molar-refractivity contribution in [1.29, 1.82) is 0 Å². The first-order valence-corrected chi connectivity index (χ1v) is 7.54. The zero-order valence-corrected chi connectivity index (χ0v) is 12.0. The van der Waals surface area contributed by atoms with E-state index in [4.69, 9.17) is 0 Å². The molecule has 0 unspecified atom stereocenters. The Morgan fingerprint density at radius 2 is 2.15 bits per heavy atom. The van der Waals surface area contributed by atoms with Gasteiger partial charge in [-0.15, -0.1) is 11.3 Å². The molecule has 0 fully saturated rings. The summed E-state index contributed by atoms with van der Waals surface area (Å²) in [5, 5.41) is 5.50. The van der Waals surface area contributed by atoms with Crippen molar-refractivity contribution >= 4 is 16.3 Å². The van der Waals surface area contributed by atoms with E-state index in [0.717, 1.165) is 22.6 Å². The fourth-order valence-corrected chi connectivity index (χ4v) is 3.00. The molecule has 0 saturated heterocycles. The van der Waals surface area contributed by atoms with E-state index in [0.29, 0.717) is 6.54 Å². The molecule has 2 heterocycles. The van der Waals surface area contributed by atoms with Crippen LogP contribution >= 0.6 is 11.3 Å². The van der Waals surface area contributed by atoms with Crippen molar-refractivity contribution in [2.24, 2.45) is 0 Å². The summed E-state index contributed by atoms with van der Waals surface area (Å²) in [5.41, 5.74) is 2.13. The molecule has 0 aliphatic heterocycles. The fraction of sp³-hybridized carbons (Fsp3) is 0.267. The number of halogens is 1. The molecule has 3 aromatic rings.